The van der Waals surface area contributed by atoms with Crippen LogP contribution >= 0.6 is 0 Å². The predicted octanol–water partition coefficient (Wildman–Crippen LogP) is 3.92. The molecule has 0 aromatic carbocycles. The molecule has 23 heavy (non-hydrogen) atoms. The second kappa shape index (κ2) is 12.8. The van der Waals surface area contributed by atoms with E-state index in [1.165, 1.54) is 44.9 Å². The molecule has 138 valence electrons. The molecule has 0 spiro atoms. The van der Waals surface area contributed by atoms with E-state index in [1.807, 2.05) is 0 Å². The van der Waals surface area contributed by atoms with Gasteiger partial charge in [0.15, 0.2) is 0 Å². The van der Waals surface area contributed by atoms with E-state index in [-0.39, 0.29) is 18.4 Å². The van der Waals surface area contributed by atoms with Gasteiger partial charge in [0.25, 0.3) is 0 Å². The summed E-state index contributed by atoms with van der Waals surface area (Å²) in [4.78, 5) is 0. The number of nitriles is 1. The Bertz CT molecular complexity index is 313. The number of ether oxygens (including phenoxy) is 1. The highest BCUT2D eigenvalue weighted by Gasteiger charge is 2.31. The first-order chi connectivity index (χ1) is 9.72. The summed E-state index contributed by atoms with van der Waals surface area (Å²) in [6.07, 6.45) is 11.9. The van der Waals surface area contributed by atoms with Crippen LogP contribution in [0.1, 0.15) is 79.1 Å². The SMILES string of the molecule is C.CCC(C)COC1CCC(C2CCC(C#N)CC2)CC1.O.O. The van der Waals surface area contributed by atoms with Crippen molar-refractivity contribution >= 4 is 0 Å². The molecule has 0 saturated heterocycles. The smallest absolute Gasteiger partial charge is 0.0655 e. The second-order valence-electron chi connectivity index (χ2n) is 7.12. The van der Waals surface area contributed by atoms with Crippen molar-refractivity contribution in [3.05, 3.63) is 0 Å². The molecule has 0 heterocycles. The Morgan fingerprint density at radius 3 is 1.87 bits per heavy atom. The van der Waals surface area contributed by atoms with Crippen molar-refractivity contribution in [2.45, 2.75) is 85.2 Å². The molecule has 0 aromatic heterocycles. The lowest BCUT2D eigenvalue weighted by atomic mass is 9.71. The largest absolute Gasteiger partial charge is 0.412 e. The average Bonchev–Trinajstić information content (AvgIpc) is 2.53. The van der Waals surface area contributed by atoms with Crippen molar-refractivity contribution in [3.63, 3.8) is 0 Å². The molecule has 2 saturated carbocycles. The van der Waals surface area contributed by atoms with Crippen molar-refractivity contribution in [2.24, 2.45) is 23.7 Å². The van der Waals surface area contributed by atoms with Crippen molar-refractivity contribution in [1.82, 2.24) is 0 Å². The van der Waals surface area contributed by atoms with Crippen molar-refractivity contribution in [3.8, 4) is 6.07 Å². The molecule has 0 aromatic rings. The molecule has 4 nitrogen and oxygen atoms in total. The zero-order valence-electron chi connectivity index (χ0n) is 14.3. The molecular weight excluding hydrogens is 290 g/mol. The highest BCUT2D eigenvalue weighted by Crippen LogP contribution is 2.40. The van der Waals surface area contributed by atoms with Gasteiger partial charge in [-0.05, 0) is 69.1 Å². The fourth-order valence-corrected chi connectivity index (χ4v) is 3.86. The summed E-state index contributed by atoms with van der Waals surface area (Å²) >= 11 is 0. The van der Waals surface area contributed by atoms with Crippen LogP contribution in [0.3, 0.4) is 0 Å². The maximum atomic E-state index is 8.98. The van der Waals surface area contributed by atoms with Crippen LogP contribution in [0.4, 0.5) is 0 Å². The van der Waals surface area contributed by atoms with E-state index >= 15 is 0 Å². The molecule has 1 unspecified atom stereocenters. The first-order valence-electron chi connectivity index (χ1n) is 8.74. The van der Waals surface area contributed by atoms with Crippen LogP contribution in [-0.4, -0.2) is 23.7 Å². The molecular formula is C19H39NO3. The van der Waals surface area contributed by atoms with E-state index in [0.29, 0.717) is 17.9 Å². The van der Waals surface area contributed by atoms with Crippen LogP contribution < -0.4 is 0 Å². The number of hydrogen-bond acceptors (Lipinski definition) is 2. The molecule has 1 atom stereocenters. The van der Waals surface area contributed by atoms with E-state index in [0.717, 1.165) is 31.3 Å². The Balaban J connectivity index is 0. The van der Waals surface area contributed by atoms with E-state index in [4.69, 9.17) is 10.00 Å². The summed E-state index contributed by atoms with van der Waals surface area (Å²) in [6.45, 7) is 5.46. The summed E-state index contributed by atoms with van der Waals surface area (Å²) in [5, 5.41) is 8.98. The van der Waals surface area contributed by atoms with Gasteiger partial charge in [-0.15, -0.1) is 0 Å². The standard InChI is InChI=1S/C18H31NO.CH4.2H2O/c1-3-14(2)13-20-18-10-8-17(9-11-18)16-6-4-15(12-19)5-7-16;;;/h14-18H,3-11,13H2,1-2H3;1H4;2*1H2. The summed E-state index contributed by atoms with van der Waals surface area (Å²) in [5.41, 5.74) is 0. The van der Waals surface area contributed by atoms with Crippen molar-refractivity contribution in [2.75, 3.05) is 6.61 Å². The molecule has 0 bridgehead atoms. The van der Waals surface area contributed by atoms with Gasteiger partial charge < -0.3 is 15.7 Å². The molecule has 2 aliphatic rings. The quantitative estimate of drug-likeness (QED) is 0.764. The van der Waals surface area contributed by atoms with Gasteiger partial charge in [0, 0.05) is 12.5 Å². The maximum absolute atomic E-state index is 8.98. The Morgan fingerprint density at radius 1 is 0.957 bits per heavy atom. The molecule has 2 rings (SSSR count). The van der Waals surface area contributed by atoms with E-state index < -0.39 is 0 Å². The molecule has 2 aliphatic carbocycles. The summed E-state index contributed by atoms with van der Waals surface area (Å²) in [6, 6.07) is 2.45. The Morgan fingerprint density at radius 2 is 1.43 bits per heavy atom. The van der Waals surface area contributed by atoms with Crippen LogP contribution in [0.2, 0.25) is 0 Å². The maximum Gasteiger partial charge on any atom is 0.0655 e. The minimum Gasteiger partial charge on any atom is -0.412 e. The molecule has 4 heteroatoms. The third-order valence-electron chi connectivity index (χ3n) is 5.65. The van der Waals surface area contributed by atoms with Crippen LogP contribution in [0.25, 0.3) is 0 Å². The average molecular weight is 330 g/mol. The Hall–Kier alpha value is -0.630. The van der Waals surface area contributed by atoms with Crippen LogP contribution in [-0.2, 0) is 4.74 Å². The van der Waals surface area contributed by atoms with Crippen LogP contribution in [0.15, 0.2) is 0 Å². The van der Waals surface area contributed by atoms with Gasteiger partial charge in [0.05, 0.1) is 12.2 Å². The minimum atomic E-state index is 0. The monoisotopic (exact) mass is 329 g/mol. The number of rotatable bonds is 5. The molecule has 0 radical (unpaired) electrons. The minimum absolute atomic E-state index is 0. The highest BCUT2D eigenvalue weighted by molar-refractivity contribution is 4.89. The highest BCUT2D eigenvalue weighted by atomic mass is 16.5. The van der Waals surface area contributed by atoms with Gasteiger partial charge >= 0.3 is 0 Å². The van der Waals surface area contributed by atoms with E-state index in [2.05, 4.69) is 19.9 Å². The topological polar surface area (TPSA) is 96.0 Å². The predicted molar refractivity (Wildman–Crippen MR) is 96.2 cm³/mol. The lowest BCUT2D eigenvalue weighted by molar-refractivity contribution is -0.00695. The Labute approximate surface area is 143 Å². The van der Waals surface area contributed by atoms with E-state index in [1.54, 1.807) is 0 Å². The Kier molecular flexibility index (Phi) is 13.6. The molecule has 0 aliphatic heterocycles. The zero-order chi connectivity index (χ0) is 14.4. The zero-order valence-corrected chi connectivity index (χ0v) is 14.3. The van der Waals surface area contributed by atoms with Crippen molar-refractivity contribution in [1.29, 1.82) is 5.26 Å². The van der Waals surface area contributed by atoms with Gasteiger partial charge in [-0.3, -0.25) is 0 Å². The van der Waals surface area contributed by atoms with Crippen LogP contribution in [0, 0.1) is 35.0 Å². The fourth-order valence-electron chi connectivity index (χ4n) is 3.86. The first kappa shape index (κ1) is 24.6. The van der Waals surface area contributed by atoms with Gasteiger partial charge in [-0.25, -0.2) is 0 Å². The fraction of sp³-hybridized carbons (Fsp3) is 0.947. The third kappa shape index (κ3) is 7.65. The number of hydrogen-bond donors (Lipinski definition) is 0. The second-order valence-corrected chi connectivity index (χ2v) is 7.12. The van der Waals surface area contributed by atoms with E-state index in [9.17, 15) is 0 Å². The lowest BCUT2D eigenvalue weighted by Crippen LogP contribution is -2.29. The van der Waals surface area contributed by atoms with Crippen molar-refractivity contribution < 1.29 is 15.7 Å². The summed E-state index contributed by atoms with van der Waals surface area (Å²) in [7, 11) is 0. The molecule has 2 fully saturated rings. The molecule has 4 N–H and O–H groups in total. The molecule has 0 amide bonds. The normalized spacial score (nSPS) is 31.5. The lowest BCUT2D eigenvalue weighted by Gasteiger charge is -2.36. The summed E-state index contributed by atoms with van der Waals surface area (Å²) < 4.78 is 6.06. The number of nitrogens with zero attached hydrogens (tertiary/aromatic N) is 1. The van der Waals surface area contributed by atoms with Gasteiger partial charge in [0.1, 0.15) is 0 Å². The van der Waals surface area contributed by atoms with Gasteiger partial charge in [-0.1, -0.05) is 27.7 Å². The van der Waals surface area contributed by atoms with Gasteiger partial charge in [-0.2, -0.15) is 5.26 Å². The first-order valence-corrected chi connectivity index (χ1v) is 8.74. The third-order valence-corrected chi connectivity index (χ3v) is 5.65. The summed E-state index contributed by atoms with van der Waals surface area (Å²) in [5.74, 6) is 2.86. The van der Waals surface area contributed by atoms with Gasteiger partial charge in [0.2, 0.25) is 0 Å². The van der Waals surface area contributed by atoms with Crippen LogP contribution in [0.5, 0.6) is 0 Å².